The van der Waals surface area contributed by atoms with Gasteiger partial charge in [-0.25, -0.2) is 0 Å². The zero-order chi connectivity index (χ0) is 44.7. The maximum absolute atomic E-state index is 6.54. The Hall–Kier alpha value is -9.12. The third-order valence-electron chi connectivity index (χ3n) is 13.8. The van der Waals surface area contributed by atoms with Gasteiger partial charge >= 0.3 is 0 Å². The second-order valence-corrected chi connectivity index (χ2v) is 17.6. The molecule has 14 aromatic rings. The predicted molar refractivity (Wildman–Crippen MR) is 285 cm³/mol. The number of para-hydroxylation sites is 6. The van der Waals surface area contributed by atoms with Gasteiger partial charge < -0.3 is 18.6 Å². The summed E-state index contributed by atoms with van der Waals surface area (Å²) in [6.45, 7) is 0. The van der Waals surface area contributed by atoms with Crippen LogP contribution in [0.5, 0.6) is 0 Å². The highest BCUT2D eigenvalue weighted by molar-refractivity contribution is 6.28. The number of fused-ring (bicyclic) bond motifs is 6. The second kappa shape index (κ2) is 15.2. The zero-order valence-corrected chi connectivity index (χ0v) is 36.8. The summed E-state index contributed by atoms with van der Waals surface area (Å²) in [7, 11) is 0. The Morgan fingerprint density at radius 1 is 0.265 bits per heavy atom. The van der Waals surface area contributed by atoms with Crippen LogP contribution in [0.3, 0.4) is 0 Å². The summed E-state index contributed by atoms with van der Waals surface area (Å²) in [5.74, 6) is 0. The van der Waals surface area contributed by atoms with Gasteiger partial charge in [0.2, 0.25) is 0 Å². The van der Waals surface area contributed by atoms with Crippen molar-refractivity contribution in [2.75, 3.05) is 9.80 Å². The first kappa shape index (κ1) is 38.2. The molecule has 4 nitrogen and oxygen atoms in total. The summed E-state index contributed by atoms with van der Waals surface area (Å²) in [6, 6.07) is 87.0. The van der Waals surface area contributed by atoms with Crippen LogP contribution in [0.15, 0.2) is 251 Å². The van der Waals surface area contributed by atoms with Crippen LogP contribution in [0.4, 0.5) is 34.1 Å². The molecule has 0 spiro atoms. The van der Waals surface area contributed by atoms with Gasteiger partial charge in [0.05, 0.1) is 11.4 Å². The molecule has 0 aliphatic carbocycles. The molecule has 0 radical (unpaired) electrons. The Morgan fingerprint density at radius 3 is 1.12 bits per heavy atom. The van der Waals surface area contributed by atoms with Crippen LogP contribution in [0.2, 0.25) is 0 Å². The van der Waals surface area contributed by atoms with Gasteiger partial charge in [0.25, 0.3) is 0 Å². The van der Waals surface area contributed by atoms with Gasteiger partial charge in [-0.3, -0.25) is 0 Å². The number of rotatable bonds is 8. The van der Waals surface area contributed by atoms with E-state index in [-0.39, 0.29) is 0 Å². The highest BCUT2D eigenvalue weighted by Crippen LogP contribution is 2.49. The lowest BCUT2D eigenvalue weighted by Crippen LogP contribution is -2.11. The van der Waals surface area contributed by atoms with Crippen molar-refractivity contribution in [3.8, 4) is 22.3 Å². The number of furan rings is 2. The van der Waals surface area contributed by atoms with Crippen molar-refractivity contribution in [3.63, 3.8) is 0 Å². The standard InChI is InChI=1S/C64H40N2O2/c1-3-17-45(18-4-1)65(47-21-11-15-43(39-47)49-25-13-27-53-51-23-7-9-29-59(51)67-63(49)53)57-37-33-41-32-36-56-58(38-34-42-31-35-55(57)61(41)62(42)56)66(46-19-5-2-6-20-46)48-22-12-16-44(40-48)50-26-14-28-54-52-24-8-10-30-60(52)68-64(50)54/h1-40H. The van der Waals surface area contributed by atoms with Crippen LogP contribution < -0.4 is 9.80 Å². The molecule has 318 valence electrons. The molecule has 0 fully saturated rings. The molecule has 4 heteroatoms. The van der Waals surface area contributed by atoms with Crippen LogP contribution in [0, 0.1) is 0 Å². The van der Waals surface area contributed by atoms with Crippen molar-refractivity contribution < 1.29 is 8.83 Å². The fraction of sp³-hybridized carbons (Fsp3) is 0. The van der Waals surface area contributed by atoms with E-state index in [2.05, 4.69) is 228 Å². The maximum atomic E-state index is 6.54. The summed E-state index contributed by atoms with van der Waals surface area (Å²) in [5.41, 5.74) is 14.4. The summed E-state index contributed by atoms with van der Waals surface area (Å²) >= 11 is 0. The van der Waals surface area contributed by atoms with Crippen molar-refractivity contribution in [3.05, 3.63) is 243 Å². The lowest BCUT2D eigenvalue weighted by Gasteiger charge is -2.29. The molecule has 0 N–H and O–H groups in total. The number of benzene rings is 12. The lowest BCUT2D eigenvalue weighted by molar-refractivity contribution is 0.669. The minimum absolute atomic E-state index is 0.894. The Morgan fingerprint density at radius 2 is 0.647 bits per heavy atom. The quantitative estimate of drug-likeness (QED) is 0.142. The van der Waals surface area contributed by atoms with Gasteiger partial charge in [-0.1, -0.05) is 170 Å². The first-order chi connectivity index (χ1) is 33.7. The molecule has 0 aliphatic rings. The first-order valence-electron chi connectivity index (χ1n) is 23.2. The van der Waals surface area contributed by atoms with Gasteiger partial charge in [0, 0.05) is 66.2 Å². The molecule has 0 bridgehead atoms. The van der Waals surface area contributed by atoms with E-state index < -0.39 is 0 Å². The third kappa shape index (κ3) is 5.94. The third-order valence-corrected chi connectivity index (χ3v) is 13.8. The molecule has 0 unspecified atom stereocenters. The Labute approximate surface area is 392 Å². The van der Waals surface area contributed by atoms with Gasteiger partial charge in [0.1, 0.15) is 22.3 Å². The molecular weight excluding hydrogens is 829 g/mol. The van der Waals surface area contributed by atoms with Crippen molar-refractivity contribution in [1.29, 1.82) is 0 Å². The zero-order valence-electron chi connectivity index (χ0n) is 36.8. The summed E-state index contributed by atoms with van der Waals surface area (Å²) < 4.78 is 13.1. The fourth-order valence-corrected chi connectivity index (χ4v) is 10.7. The molecular formula is C64H40N2O2. The predicted octanol–water partition coefficient (Wildman–Crippen LogP) is 18.7. The van der Waals surface area contributed by atoms with E-state index in [4.69, 9.17) is 8.83 Å². The van der Waals surface area contributed by atoms with Crippen molar-refractivity contribution in [2.24, 2.45) is 0 Å². The molecule has 14 rings (SSSR count). The highest BCUT2D eigenvalue weighted by Gasteiger charge is 2.23. The monoisotopic (exact) mass is 868 g/mol. The average Bonchev–Trinajstić information content (AvgIpc) is 3.99. The lowest BCUT2D eigenvalue weighted by atomic mass is 9.91. The molecule has 2 heterocycles. The van der Waals surface area contributed by atoms with Crippen molar-refractivity contribution in [1.82, 2.24) is 0 Å². The molecule has 0 aliphatic heterocycles. The SMILES string of the molecule is c1ccc(N(c2cccc(-c3cccc4c3oc3ccccc34)c2)c2ccc3ccc4c(N(c5ccccc5)c5cccc(-c6cccc7c6oc6ccccc67)c5)ccc5ccc2c3c54)cc1. The van der Waals surface area contributed by atoms with Gasteiger partial charge in [-0.15, -0.1) is 0 Å². The summed E-state index contributed by atoms with van der Waals surface area (Å²) in [4.78, 5) is 4.80. The molecule has 2 aromatic heterocycles. The van der Waals surface area contributed by atoms with Crippen molar-refractivity contribution >= 4 is 110 Å². The minimum atomic E-state index is 0.894. The first-order valence-corrected chi connectivity index (χ1v) is 23.2. The van der Waals surface area contributed by atoms with E-state index in [0.29, 0.717) is 0 Å². The van der Waals surface area contributed by atoms with E-state index >= 15 is 0 Å². The Bertz CT molecular complexity index is 3950. The number of hydrogen-bond acceptors (Lipinski definition) is 4. The van der Waals surface area contributed by atoms with Crippen LogP contribution in [-0.2, 0) is 0 Å². The Balaban J connectivity index is 0.946. The number of anilines is 6. The summed E-state index contributed by atoms with van der Waals surface area (Å²) in [5, 5.41) is 11.7. The van der Waals surface area contributed by atoms with E-state index in [1.54, 1.807) is 0 Å². The van der Waals surface area contributed by atoms with E-state index in [0.717, 1.165) is 100 Å². The van der Waals surface area contributed by atoms with E-state index in [1.807, 2.05) is 24.3 Å². The number of nitrogens with zero attached hydrogens (tertiary/aromatic N) is 2. The topological polar surface area (TPSA) is 32.8 Å². The van der Waals surface area contributed by atoms with Crippen LogP contribution in [-0.4, -0.2) is 0 Å². The fourth-order valence-electron chi connectivity index (χ4n) is 10.7. The average molecular weight is 869 g/mol. The highest BCUT2D eigenvalue weighted by atomic mass is 16.3. The van der Waals surface area contributed by atoms with Crippen LogP contribution >= 0.6 is 0 Å². The van der Waals surface area contributed by atoms with Crippen LogP contribution in [0.1, 0.15) is 0 Å². The summed E-state index contributed by atoms with van der Waals surface area (Å²) in [6.07, 6.45) is 0. The van der Waals surface area contributed by atoms with Crippen molar-refractivity contribution in [2.45, 2.75) is 0 Å². The van der Waals surface area contributed by atoms with Gasteiger partial charge in [-0.05, 0) is 105 Å². The largest absolute Gasteiger partial charge is 0.455 e. The molecule has 68 heavy (non-hydrogen) atoms. The minimum Gasteiger partial charge on any atom is -0.455 e. The molecule has 0 atom stereocenters. The molecule has 0 saturated heterocycles. The maximum Gasteiger partial charge on any atom is 0.143 e. The second-order valence-electron chi connectivity index (χ2n) is 17.6. The Kier molecular flexibility index (Phi) is 8.55. The molecule has 0 saturated carbocycles. The van der Waals surface area contributed by atoms with Gasteiger partial charge in [-0.2, -0.15) is 0 Å². The normalized spacial score (nSPS) is 11.8. The number of hydrogen-bond donors (Lipinski definition) is 0. The van der Waals surface area contributed by atoms with Crippen LogP contribution in [0.25, 0.3) is 98.4 Å². The van der Waals surface area contributed by atoms with E-state index in [9.17, 15) is 0 Å². The molecule has 0 amide bonds. The molecule has 12 aromatic carbocycles. The smallest absolute Gasteiger partial charge is 0.143 e. The van der Waals surface area contributed by atoms with Gasteiger partial charge in [0.15, 0.2) is 0 Å². The van der Waals surface area contributed by atoms with E-state index in [1.165, 1.54) is 32.3 Å².